The van der Waals surface area contributed by atoms with E-state index in [1.807, 2.05) is 13.8 Å². The van der Waals surface area contributed by atoms with E-state index in [1.165, 1.54) is 64.2 Å². The van der Waals surface area contributed by atoms with Crippen molar-refractivity contribution in [3.05, 3.63) is 0 Å². The Balaban J connectivity index is 3.41. The fourth-order valence-electron chi connectivity index (χ4n) is 2.50. The van der Waals surface area contributed by atoms with E-state index in [9.17, 15) is 0 Å². The average molecular weight is 300 g/mol. The molecule has 0 saturated heterocycles. The maximum Gasteiger partial charge on any atom is 0.144 e. The lowest BCUT2D eigenvalue weighted by Crippen LogP contribution is -2.36. The summed E-state index contributed by atoms with van der Waals surface area (Å²) >= 11 is 0. The lowest BCUT2D eigenvalue weighted by molar-refractivity contribution is -0.177. The normalized spacial score (nSPS) is 12.0. The second-order valence-corrected chi connectivity index (χ2v) is 6.31. The van der Waals surface area contributed by atoms with Gasteiger partial charge in [0.25, 0.3) is 0 Å². The third-order valence-corrected chi connectivity index (χ3v) is 4.15. The molecular formula is C17H35O2Si. The van der Waals surface area contributed by atoms with Gasteiger partial charge in [-0.15, -0.1) is 0 Å². The van der Waals surface area contributed by atoms with Crippen LogP contribution in [0.2, 0.25) is 0 Å². The van der Waals surface area contributed by atoms with Crippen LogP contribution < -0.4 is 0 Å². The van der Waals surface area contributed by atoms with Crippen LogP contribution in [-0.2, 0) is 9.47 Å². The van der Waals surface area contributed by atoms with Crippen molar-refractivity contribution in [2.75, 3.05) is 13.2 Å². The predicted octanol–water partition coefficient (Wildman–Crippen LogP) is 5.19. The van der Waals surface area contributed by atoms with Crippen LogP contribution in [0.3, 0.4) is 0 Å². The van der Waals surface area contributed by atoms with Crippen molar-refractivity contribution < 1.29 is 9.47 Å². The zero-order valence-corrected chi connectivity index (χ0v) is 15.0. The van der Waals surface area contributed by atoms with Crippen molar-refractivity contribution in [1.29, 1.82) is 0 Å². The molecule has 3 radical (unpaired) electrons. The molecule has 0 fully saturated rings. The van der Waals surface area contributed by atoms with Crippen LogP contribution >= 0.6 is 0 Å². The molecule has 0 aliphatic heterocycles. The first-order chi connectivity index (χ1) is 9.68. The van der Waals surface area contributed by atoms with E-state index in [1.54, 1.807) is 0 Å². The Morgan fingerprint density at radius 2 is 1.05 bits per heavy atom. The molecule has 0 N–H and O–H groups in total. The van der Waals surface area contributed by atoms with Gasteiger partial charge in [-0.1, -0.05) is 64.7 Å². The smallest absolute Gasteiger partial charge is 0.144 e. The van der Waals surface area contributed by atoms with Gasteiger partial charge in [0.05, 0.1) is 0 Å². The maximum absolute atomic E-state index is 5.64. The zero-order chi connectivity index (χ0) is 15.1. The van der Waals surface area contributed by atoms with Gasteiger partial charge in [-0.2, -0.15) is 0 Å². The molecule has 0 aromatic rings. The van der Waals surface area contributed by atoms with Crippen LogP contribution in [0.5, 0.6) is 0 Å². The lowest BCUT2D eigenvalue weighted by Gasteiger charge is -2.29. The standard InChI is InChI=1S/C17H35O2Si/c1-4-7-8-9-10-11-12-13-14-15-16-17(20,18-5-2)19-6-3/h4-16H2,1-3H3. The molecule has 119 valence electrons. The van der Waals surface area contributed by atoms with E-state index in [-0.39, 0.29) is 0 Å². The fraction of sp³-hybridized carbons (Fsp3) is 1.00. The van der Waals surface area contributed by atoms with Crippen LogP contribution in [0.25, 0.3) is 0 Å². The minimum Gasteiger partial charge on any atom is -0.355 e. The Kier molecular flexibility index (Phi) is 14.2. The summed E-state index contributed by atoms with van der Waals surface area (Å²) in [7, 11) is 3.64. The topological polar surface area (TPSA) is 18.5 Å². The molecule has 0 rings (SSSR count). The Hall–Kier alpha value is 0.137. The van der Waals surface area contributed by atoms with Crippen molar-refractivity contribution in [2.45, 2.75) is 96.8 Å². The molecule has 0 saturated carbocycles. The molecule has 2 nitrogen and oxygen atoms in total. The van der Waals surface area contributed by atoms with Crippen molar-refractivity contribution in [3.63, 3.8) is 0 Å². The van der Waals surface area contributed by atoms with Crippen molar-refractivity contribution in [2.24, 2.45) is 0 Å². The molecule has 0 aromatic carbocycles. The minimum absolute atomic E-state index is 0.552. The summed E-state index contributed by atoms with van der Waals surface area (Å²) in [6.45, 7) is 7.65. The summed E-state index contributed by atoms with van der Waals surface area (Å²) in [6, 6.07) is 0. The van der Waals surface area contributed by atoms with E-state index in [2.05, 4.69) is 17.2 Å². The quantitative estimate of drug-likeness (QED) is 0.235. The molecule has 0 bridgehead atoms. The summed E-state index contributed by atoms with van der Waals surface area (Å²) in [6.07, 6.45) is 14.5. The molecule has 0 aromatic heterocycles. The van der Waals surface area contributed by atoms with Crippen LogP contribution in [0.1, 0.15) is 91.4 Å². The van der Waals surface area contributed by atoms with Gasteiger partial charge in [0.1, 0.15) is 15.7 Å². The highest BCUT2D eigenvalue weighted by Gasteiger charge is 2.23. The monoisotopic (exact) mass is 299 g/mol. The molecule has 0 heterocycles. The lowest BCUT2D eigenvalue weighted by atomic mass is 10.1. The van der Waals surface area contributed by atoms with Crippen LogP contribution in [0.15, 0.2) is 0 Å². The summed E-state index contributed by atoms with van der Waals surface area (Å²) in [5.74, 6) is 0. The first kappa shape index (κ1) is 20.1. The van der Waals surface area contributed by atoms with E-state index in [0.29, 0.717) is 13.2 Å². The second kappa shape index (κ2) is 14.1. The van der Waals surface area contributed by atoms with Crippen molar-refractivity contribution in [1.82, 2.24) is 0 Å². The molecule has 0 aliphatic carbocycles. The van der Waals surface area contributed by atoms with E-state index >= 15 is 0 Å². The highest BCUT2D eigenvalue weighted by molar-refractivity contribution is 6.13. The molecule has 0 aliphatic rings. The second-order valence-electron chi connectivity index (χ2n) is 5.55. The number of hydrogen-bond donors (Lipinski definition) is 0. The molecule has 0 spiro atoms. The number of hydrogen-bond acceptors (Lipinski definition) is 2. The average Bonchev–Trinajstić information content (AvgIpc) is 2.41. The van der Waals surface area contributed by atoms with Crippen molar-refractivity contribution >= 4 is 10.2 Å². The minimum atomic E-state index is -0.552. The molecule has 3 heteroatoms. The zero-order valence-electron chi connectivity index (χ0n) is 14.0. The summed E-state index contributed by atoms with van der Waals surface area (Å²) in [4.78, 5) is 0. The maximum atomic E-state index is 5.64. The summed E-state index contributed by atoms with van der Waals surface area (Å²) in [5, 5.41) is 0. The highest BCUT2D eigenvalue weighted by atomic mass is 28.1. The van der Waals surface area contributed by atoms with E-state index < -0.39 is 5.41 Å². The van der Waals surface area contributed by atoms with Gasteiger partial charge in [0.2, 0.25) is 0 Å². The van der Waals surface area contributed by atoms with Gasteiger partial charge >= 0.3 is 0 Å². The Labute approximate surface area is 130 Å². The number of unbranched alkanes of at least 4 members (excludes halogenated alkanes) is 9. The third kappa shape index (κ3) is 11.9. The molecule has 0 atom stereocenters. The molecule has 0 amide bonds. The predicted molar refractivity (Wildman–Crippen MR) is 88.2 cm³/mol. The van der Waals surface area contributed by atoms with Crippen LogP contribution in [-0.4, -0.2) is 28.9 Å². The third-order valence-electron chi connectivity index (χ3n) is 3.61. The number of ether oxygens (including phenoxy) is 2. The Morgan fingerprint density at radius 1 is 0.650 bits per heavy atom. The molecular weight excluding hydrogens is 264 g/mol. The van der Waals surface area contributed by atoms with Gasteiger partial charge in [-0.3, -0.25) is 0 Å². The first-order valence-electron chi connectivity index (χ1n) is 8.71. The molecule has 0 unspecified atom stereocenters. The van der Waals surface area contributed by atoms with Gasteiger partial charge in [0.15, 0.2) is 0 Å². The van der Waals surface area contributed by atoms with Crippen molar-refractivity contribution in [3.8, 4) is 0 Å². The molecule has 20 heavy (non-hydrogen) atoms. The van der Waals surface area contributed by atoms with E-state index in [0.717, 1.165) is 6.42 Å². The van der Waals surface area contributed by atoms with Gasteiger partial charge in [0, 0.05) is 13.2 Å². The van der Waals surface area contributed by atoms with Crippen LogP contribution in [0, 0.1) is 0 Å². The summed E-state index contributed by atoms with van der Waals surface area (Å²) < 4.78 is 11.3. The Morgan fingerprint density at radius 3 is 1.45 bits per heavy atom. The first-order valence-corrected chi connectivity index (χ1v) is 9.21. The Bertz CT molecular complexity index is 191. The van der Waals surface area contributed by atoms with Gasteiger partial charge in [-0.05, 0) is 26.7 Å². The SMILES string of the molecule is CCCCCCCCCCCCC([Si])(OCC)OCC. The van der Waals surface area contributed by atoms with Crippen LogP contribution in [0.4, 0.5) is 0 Å². The largest absolute Gasteiger partial charge is 0.355 e. The van der Waals surface area contributed by atoms with Gasteiger partial charge in [-0.25, -0.2) is 0 Å². The van der Waals surface area contributed by atoms with E-state index in [4.69, 9.17) is 9.47 Å². The number of rotatable bonds is 15. The summed E-state index contributed by atoms with van der Waals surface area (Å²) in [5.41, 5.74) is -0.552. The highest BCUT2D eigenvalue weighted by Crippen LogP contribution is 2.19. The van der Waals surface area contributed by atoms with Gasteiger partial charge < -0.3 is 9.47 Å². The fourth-order valence-corrected chi connectivity index (χ4v) is 2.96.